The first-order chi connectivity index (χ1) is 9.49. The lowest BCUT2D eigenvalue weighted by Gasteiger charge is -2.04. The van der Waals surface area contributed by atoms with Crippen LogP contribution in [-0.4, -0.2) is 15.6 Å². The molecule has 0 atom stereocenters. The fraction of sp³-hybridized carbons (Fsp3) is 0.375. The highest BCUT2D eigenvalue weighted by atomic mass is 79.9. The second-order valence-electron chi connectivity index (χ2n) is 5.08. The first-order valence-corrected chi connectivity index (χ1v) is 7.52. The van der Waals surface area contributed by atoms with Crippen LogP contribution in [0.5, 0.6) is 0 Å². The summed E-state index contributed by atoms with van der Waals surface area (Å²) in [4.78, 5) is 12.1. The fourth-order valence-electron chi connectivity index (χ4n) is 2.39. The minimum absolute atomic E-state index is 0.263. The van der Waals surface area contributed by atoms with Crippen LogP contribution in [0.25, 0.3) is 0 Å². The normalized spacial score (nSPS) is 10.8. The predicted molar refractivity (Wildman–Crippen MR) is 83.9 cm³/mol. The highest BCUT2D eigenvalue weighted by molar-refractivity contribution is 9.10. The lowest BCUT2D eigenvalue weighted by molar-refractivity contribution is -0.118. The Balaban J connectivity index is 1.98. The third-order valence-electron chi connectivity index (χ3n) is 3.66. The molecule has 0 saturated heterocycles. The third-order valence-corrected chi connectivity index (χ3v) is 4.43. The third kappa shape index (κ3) is 3.37. The molecule has 20 heavy (non-hydrogen) atoms. The number of carbonyl (C=O) groups is 1. The molecular weight excluding hydrogens is 316 g/mol. The number of ketones is 1. The zero-order valence-electron chi connectivity index (χ0n) is 12.1. The Morgan fingerprint density at radius 3 is 2.60 bits per heavy atom. The van der Waals surface area contributed by atoms with E-state index < -0.39 is 0 Å². The number of aromatic nitrogens is 2. The van der Waals surface area contributed by atoms with Gasteiger partial charge in [-0.2, -0.15) is 5.10 Å². The van der Waals surface area contributed by atoms with E-state index in [1.807, 2.05) is 49.8 Å². The molecule has 3 nitrogen and oxygen atoms in total. The molecule has 1 heterocycles. The Bertz CT molecular complexity index is 631. The molecule has 106 valence electrons. The van der Waals surface area contributed by atoms with E-state index in [2.05, 4.69) is 21.0 Å². The quantitative estimate of drug-likeness (QED) is 0.838. The Kier molecular flexibility index (Phi) is 4.76. The Morgan fingerprint density at radius 2 is 2.00 bits per heavy atom. The van der Waals surface area contributed by atoms with Crippen LogP contribution >= 0.6 is 15.9 Å². The minimum atomic E-state index is 0.263. The summed E-state index contributed by atoms with van der Waals surface area (Å²) in [5.74, 6) is 0.263. The highest BCUT2D eigenvalue weighted by Crippen LogP contribution is 2.18. The van der Waals surface area contributed by atoms with Gasteiger partial charge >= 0.3 is 0 Å². The fourth-order valence-corrected chi connectivity index (χ4v) is 2.81. The summed E-state index contributed by atoms with van der Waals surface area (Å²) in [6.45, 7) is 4.05. The SMILES string of the molecule is Cc1nn(C)c(C)c1CCC(=O)Cc1ccccc1Br. The van der Waals surface area contributed by atoms with Gasteiger partial charge in [0.25, 0.3) is 0 Å². The predicted octanol–water partition coefficient (Wildman–Crippen LogP) is 3.54. The number of hydrogen-bond donors (Lipinski definition) is 0. The number of rotatable bonds is 5. The molecule has 4 heteroatoms. The Morgan fingerprint density at radius 1 is 1.30 bits per heavy atom. The van der Waals surface area contributed by atoms with E-state index in [9.17, 15) is 4.79 Å². The van der Waals surface area contributed by atoms with Crippen LogP contribution in [0.4, 0.5) is 0 Å². The molecule has 0 bridgehead atoms. The van der Waals surface area contributed by atoms with Gasteiger partial charge in [-0.15, -0.1) is 0 Å². The summed E-state index contributed by atoms with van der Waals surface area (Å²) >= 11 is 3.48. The van der Waals surface area contributed by atoms with Crippen molar-refractivity contribution in [1.29, 1.82) is 0 Å². The molecule has 0 fully saturated rings. The number of halogens is 1. The Labute approximate surface area is 128 Å². The first kappa shape index (κ1) is 15.0. The topological polar surface area (TPSA) is 34.9 Å². The van der Waals surface area contributed by atoms with E-state index in [0.717, 1.165) is 27.8 Å². The Hall–Kier alpha value is -1.42. The number of hydrogen-bond acceptors (Lipinski definition) is 2. The molecule has 0 spiro atoms. The molecule has 0 N–H and O–H groups in total. The average Bonchev–Trinajstić information content (AvgIpc) is 2.64. The van der Waals surface area contributed by atoms with Crippen molar-refractivity contribution in [2.75, 3.05) is 0 Å². The van der Waals surface area contributed by atoms with Gasteiger partial charge in [0, 0.05) is 30.1 Å². The first-order valence-electron chi connectivity index (χ1n) is 6.73. The molecule has 1 aromatic carbocycles. The second-order valence-corrected chi connectivity index (χ2v) is 5.93. The van der Waals surface area contributed by atoms with Crippen molar-refractivity contribution in [3.63, 3.8) is 0 Å². The molecule has 1 aromatic heterocycles. The van der Waals surface area contributed by atoms with Crippen LogP contribution < -0.4 is 0 Å². The van der Waals surface area contributed by atoms with Gasteiger partial charge in [0.15, 0.2) is 0 Å². The zero-order chi connectivity index (χ0) is 14.7. The van der Waals surface area contributed by atoms with E-state index in [1.165, 1.54) is 5.56 Å². The van der Waals surface area contributed by atoms with Crippen molar-refractivity contribution in [3.8, 4) is 0 Å². The summed E-state index contributed by atoms with van der Waals surface area (Å²) < 4.78 is 2.88. The molecule has 0 aliphatic rings. The lowest BCUT2D eigenvalue weighted by atomic mass is 10.0. The van der Waals surface area contributed by atoms with Crippen molar-refractivity contribution in [3.05, 3.63) is 51.3 Å². The highest BCUT2D eigenvalue weighted by Gasteiger charge is 2.12. The number of carbonyl (C=O) groups excluding carboxylic acids is 1. The molecule has 2 aromatic rings. The van der Waals surface area contributed by atoms with E-state index in [1.54, 1.807) is 0 Å². The van der Waals surface area contributed by atoms with Gasteiger partial charge in [-0.1, -0.05) is 34.1 Å². The maximum absolute atomic E-state index is 12.1. The number of Topliss-reactive ketones (excluding diaryl/α,β-unsaturated/α-hetero) is 1. The van der Waals surface area contributed by atoms with Crippen LogP contribution in [0.1, 0.15) is 28.9 Å². The molecule has 0 radical (unpaired) electrons. The van der Waals surface area contributed by atoms with Crippen LogP contribution in [-0.2, 0) is 24.7 Å². The minimum Gasteiger partial charge on any atom is -0.299 e. The van der Waals surface area contributed by atoms with Gasteiger partial charge in [-0.3, -0.25) is 9.48 Å². The van der Waals surface area contributed by atoms with Gasteiger partial charge in [-0.05, 0) is 37.5 Å². The van der Waals surface area contributed by atoms with E-state index >= 15 is 0 Å². The van der Waals surface area contributed by atoms with Crippen LogP contribution in [0.3, 0.4) is 0 Å². The van der Waals surface area contributed by atoms with Gasteiger partial charge in [-0.25, -0.2) is 0 Å². The second kappa shape index (κ2) is 6.35. The van der Waals surface area contributed by atoms with Crippen molar-refractivity contribution in [1.82, 2.24) is 9.78 Å². The molecule has 0 saturated carbocycles. The molecule has 0 unspecified atom stereocenters. The maximum Gasteiger partial charge on any atom is 0.137 e. The van der Waals surface area contributed by atoms with E-state index in [0.29, 0.717) is 12.8 Å². The van der Waals surface area contributed by atoms with Crippen molar-refractivity contribution in [2.45, 2.75) is 33.1 Å². The number of nitrogens with zero attached hydrogens (tertiary/aromatic N) is 2. The van der Waals surface area contributed by atoms with Gasteiger partial charge in [0.05, 0.1) is 5.69 Å². The molecular formula is C16H19BrN2O. The zero-order valence-corrected chi connectivity index (χ0v) is 13.7. The number of aryl methyl sites for hydroxylation is 2. The van der Waals surface area contributed by atoms with E-state index in [4.69, 9.17) is 0 Å². The van der Waals surface area contributed by atoms with Crippen molar-refractivity contribution < 1.29 is 4.79 Å². The van der Waals surface area contributed by atoms with Crippen LogP contribution in [0.2, 0.25) is 0 Å². The standard InChI is InChI=1S/C16H19BrN2O/c1-11-15(12(2)19(3)18-11)9-8-14(20)10-13-6-4-5-7-16(13)17/h4-7H,8-10H2,1-3H3. The van der Waals surface area contributed by atoms with Gasteiger partial charge in [0.2, 0.25) is 0 Å². The largest absolute Gasteiger partial charge is 0.299 e. The lowest BCUT2D eigenvalue weighted by Crippen LogP contribution is -2.05. The summed E-state index contributed by atoms with van der Waals surface area (Å²) in [5, 5.41) is 4.38. The van der Waals surface area contributed by atoms with Crippen molar-refractivity contribution in [2.24, 2.45) is 7.05 Å². The monoisotopic (exact) mass is 334 g/mol. The van der Waals surface area contributed by atoms with Crippen LogP contribution in [0, 0.1) is 13.8 Å². The smallest absolute Gasteiger partial charge is 0.137 e. The summed E-state index contributed by atoms with van der Waals surface area (Å²) in [7, 11) is 1.94. The molecule has 2 rings (SSSR count). The van der Waals surface area contributed by atoms with Crippen LogP contribution in [0.15, 0.2) is 28.7 Å². The summed E-state index contributed by atoms with van der Waals surface area (Å²) in [5.41, 5.74) is 4.43. The van der Waals surface area contributed by atoms with Crippen molar-refractivity contribution >= 4 is 21.7 Å². The van der Waals surface area contributed by atoms with E-state index in [-0.39, 0.29) is 5.78 Å². The summed E-state index contributed by atoms with van der Waals surface area (Å²) in [6.07, 6.45) is 1.82. The molecule has 0 aliphatic heterocycles. The number of benzene rings is 1. The maximum atomic E-state index is 12.1. The van der Waals surface area contributed by atoms with Gasteiger partial charge in [0.1, 0.15) is 5.78 Å². The summed E-state index contributed by atoms with van der Waals surface area (Å²) in [6, 6.07) is 7.88. The van der Waals surface area contributed by atoms with Gasteiger partial charge < -0.3 is 0 Å². The molecule has 0 amide bonds. The average molecular weight is 335 g/mol. The molecule has 0 aliphatic carbocycles.